The number of rotatable bonds is 2. The van der Waals surface area contributed by atoms with Crippen LogP contribution >= 0.6 is 0 Å². The van der Waals surface area contributed by atoms with Crippen LogP contribution in [-0.2, 0) is 14.3 Å². The number of aliphatic hydroxyl groups excluding tert-OH is 1. The molecule has 152 valence electrons. The average Bonchev–Trinajstić information content (AvgIpc) is 3.11. The Morgan fingerprint density at radius 1 is 1.36 bits per heavy atom. The van der Waals surface area contributed by atoms with Gasteiger partial charge in [-0.15, -0.1) is 0 Å². The van der Waals surface area contributed by atoms with E-state index in [-0.39, 0.29) is 24.0 Å². The molecular formula is C23H31NO4. The van der Waals surface area contributed by atoms with Gasteiger partial charge in [0.1, 0.15) is 5.41 Å². The summed E-state index contributed by atoms with van der Waals surface area (Å²) in [4.78, 5) is 16.1. The van der Waals surface area contributed by atoms with Crippen molar-refractivity contribution in [1.29, 1.82) is 0 Å². The van der Waals surface area contributed by atoms with Gasteiger partial charge in [0.25, 0.3) is 0 Å². The minimum Gasteiger partial charge on any atom is -0.392 e. The maximum Gasteiger partial charge on any atom is 0.234 e. The van der Waals surface area contributed by atoms with Crippen LogP contribution in [0.1, 0.15) is 46.5 Å². The van der Waals surface area contributed by atoms with Crippen LogP contribution in [0.3, 0.4) is 0 Å². The number of hydrogen-bond donors (Lipinski definition) is 1. The molecule has 6 aliphatic rings. The second-order valence-corrected chi connectivity index (χ2v) is 10.3. The highest BCUT2D eigenvalue weighted by Gasteiger charge is 2.80. The summed E-state index contributed by atoms with van der Waals surface area (Å²) in [6.07, 6.45) is 8.62. The highest BCUT2D eigenvalue weighted by molar-refractivity contribution is 5.87. The van der Waals surface area contributed by atoms with Gasteiger partial charge >= 0.3 is 0 Å². The first kappa shape index (κ1) is 17.7. The van der Waals surface area contributed by atoms with Crippen molar-refractivity contribution in [2.75, 3.05) is 19.8 Å². The lowest BCUT2D eigenvalue weighted by atomic mass is 9.46. The summed E-state index contributed by atoms with van der Waals surface area (Å²) >= 11 is 0. The van der Waals surface area contributed by atoms with Crippen molar-refractivity contribution in [2.24, 2.45) is 28.6 Å². The van der Waals surface area contributed by atoms with Gasteiger partial charge in [-0.2, -0.15) is 0 Å². The fourth-order valence-corrected chi connectivity index (χ4v) is 8.40. The number of fused-ring (bicyclic) bond motifs is 2. The molecule has 5 bridgehead atoms. The molecule has 5 nitrogen and oxygen atoms in total. The predicted molar refractivity (Wildman–Crippen MR) is 103 cm³/mol. The molecule has 1 N–H and O–H groups in total. The summed E-state index contributed by atoms with van der Waals surface area (Å²) in [6, 6.07) is 0.319. The Kier molecular flexibility index (Phi) is 3.34. The minimum atomic E-state index is -0.610. The molecule has 0 aromatic rings. The zero-order chi connectivity index (χ0) is 19.5. The van der Waals surface area contributed by atoms with Crippen molar-refractivity contribution in [3.8, 4) is 0 Å². The van der Waals surface area contributed by atoms with E-state index in [1.165, 1.54) is 5.57 Å². The van der Waals surface area contributed by atoms with Crippen LogP contribution < -0.4 is 0 Å². The van der Waals surface area contributed by atoms with Crippen LogP contribution in [0.15, 0.2) is 23.3 Å². The summed E-state index contributed by atoms with van der Waals surface area (Å²) in [5.74, 6) is 0.957. The van der Waals surface area contributed by atoms with E-state index < -0.39 is 11.2 Å². The zero-order valence-electron chi connectivity index (χ0n) is 17.1. The fraction of sp³-hybridized carbons (Fsp3) is 0.783. The molecule has 2 heterocycles. The van der Waals surface area contributed by atoms with Crippen LogP contribution in [0, 0.1) is 28.6 Å². The lowest BCUT2D eigenvalue weighted by molar-refractivity contribution is -0.344. The van der Waals surface area contributed by atoms with Crippen LogP contribution in [-0.4, -0.2) is 53.6 Å². The number of carbonyl (C=O) groups excluding carboxylic acids is 1. The first-order valence-electron chi connectivity index (χ1n) is 11.0. The third kappa shape index (κ3) is 1.75. The van der Waals surface area contributed by atoms with E-state index >= 15 is 0 Å². The largest absolute Gasteiger partial charge is 0.392 e. The Morgan fingerprint density at radius 3 is 2.93 bits per heavy atom. The molecule has 0 unspecified atom stereocenters. The quantitative estimate of drug-likeness (QED) is 0.794. The van der Waals surface area contributed by atoms with E-state index in [1.54, 1.807) is 0 Å². The number of amides is 1. The molecule has 2 aliphatic heterocycles. The molecule has 5 heteroatoms. The Hall–Kier alpha value is -1.17. The summed E-state index contributed by atoms with van der Waals surface area (Å²) in [6.45, 7) is 7.44. The number of nitrogens with zero attached hydrogens (tertiary/aromatic N) is 1. The van der Waals surface area contributed by atoms with E-state index in [1.807, 2.05) is 13.8 Å². The van der Waals surface area contributed by atoms with E-state index in [0.717, 1.165) is 37.8 Å². The highest BCUT2D eigenvalue weighted by Crippen LogP contribution is 2.77. The lowest BCUT2D eigenvalue weighted by Gasteiger charge is -2.65. The maximum absolute atomic E-state index is 13.9. The molecule has 1 amide bonds. The molecule has 3 saturated carbocycles. The number of ether oxygens (including phenoxy) is 2. The van der Waals surface area contributed by atoms with E-state index in [2.05, 4.69) is 24.0 Å². The van der Waals surface area contributed by atoms with Crippen molar-refractivity contribution >= 4 is 5.91 Å². The monoisotopic (exact) mass is 385 g/mol. The molecule has 2 spiro atoms. The van der Waals surface area contributed by atoms with Gasteiger partial charge in [-0.05, 0) is 63.9 Å². The molecule has 7 atom stereocenters. The molecule has 0 radical (unpaired) electrons. The second kappa shape index (κ2) is 5.30. The van der Waals surface area contributed by atoms with Gasteiger partial charge in [0.15, 0.2) is 5.79 Å². The summed E-state index contributed by atoms with van der Waals surface area (Å²) in [5.41, 5.74) is 2.20. The van der Waals surface area contributed by atoms with Crippen molar-refractivity contribution in [2.45, 2.75) is 64.4 Å². The normalized spacial score (nSPS) is 50.1. The molecule has 4 aliphatic carbocycles. The average molecular weight is 386 g/mol. The third-order valence-corrected chi connectivity index (χ3v) is 9.16. The molecule has 5 fully saturated rings. The first-order chi connectivity index (χ1) is 13.4. The van der Waals surface area contributed by atoms with Crippen LogP contribution in [0.5, 0.6) is 0 Å². The van der Waals surface area contributed by atoms with E-state index in [0.29, 0.717) is 30.4 Å². The minimum absolute atomic E-state index is 0.0340. The molecule has 0 aromatic heterocycles. The maximum atomic E-state index is 13.9. The number of aliphatic hydroxyl groups is 1. The van der Waals surface area contributed by atoms with Gasteiger partial charge in [-0.3, -0.25) is 4.79 Å². The van der Waals surface area contributed by atoms with Gasteiger partial charge in [0.05, 0.1) is 19.3 Å². The number of likely N-dealkylation sites (tertiary alicyclic amines) is 1. The second-order valence-electron chi connectivity index (χ2n) is 10.3. The van der Waals surface area contributed by atoms with Crippen LogP contribution in [0.4, 0.5) is 0 Å². The van der Waals surface area contributed by atoms with Gasteiger partial charge in [-0.25, -0.2) is 0 Å². The van der Waals surface area contributed by atoms with Gasteiger partial charge in [-0.1, -0.05) is 17.7 Å². The van der Waals surface area contributed by atoms with Gasteiger partial charge in [0.2, 0.25) is 5.91 Å². The Bertz CT molecular complexity index is 815. The van der Waals surface area contributed by atoms with E-state index in [9.17, 15) is 9.90 Å². The highest BCUT2D eigenvalue weighted by atomic mass is 16.7. The summed E-state index contributed by atoms with van der Waals surface area (Å²) < 4.78 is 12.6. The number of carbonyl (C=O) groups is 1. The van der Waals surface area contributed by atoms with E-state index in [4.69, 9.17) is 9.47 Å². The fourth-order valence-electron chi connectivity index (χ4n) is 8.40. The molecule has 0 aromatic carbocycles. The number of allylic oxidation sites excluding steroid dienone is 1. The van der Waals surface area contributed by atoms with Gasteiger partial charge < -0.3 is 19.5 Å². The predicted octanol–water partition coefficient (Wildman–Crippen LogP) is 2.65. The zero-order valence-corrected chi connectivity index (χ0v) is 17.1. The topological polar surface area (TPSA) is 59.0 Å². The molecule has 2 saturated heterocycles. The van der Waals surface area contributed by atoms with Crippen molar-refractivity contribution in [3.63, 3.8) is 0 Å². The Balaban J connectivity index is 1.51. The summed E-state index contributed by atoms with van der Waals surface area (Å²) in [7, 11) is 0. The lowest BCUT2D eigenvalue weighted by Crippen LogP contribution is -2.74. The van der Waals surface area contributed by atoms with Crippen molar-refractivity contribution < 1.29 is 19.4 Å². The van der Waals surface area contributed by atoms with Crippen molar-refractivity contribution in [1.82, 2.24) is 4.90 Å². The molecule has 6 rings (SSSR count). The van der Waals surface area contributed by atoms with Crippen molar-refractivity contribution in [3.05, 3.63) is 23.3 Å². The number of piperidine rings is 1. The van der Waals surface area contributed by atoms with Crippen LogP contribution in [0.2, 0.25) is 0 Å². The SMILES string of the molecule is CCN1C(=O)[C@]23COC(C)(C)O[C@@H]2CC[C@@]24[C@@H]5CC=C(CO)C=C5[C@@H](C[C@H]32)[C@@H]14. The Morgan fingerprint density at radius 2 is 2.18 bits per heavy atom. The first-order valence-corrected chi connectivity index (χ1v) is 11.0. The molecule has 28 heavy (non-hydrogen) atoms. The third-order valence-electron chi connectivity index (χ3n) is 9.16. The molecular weight excluding hydrogens is 354 g/mol. The number of hydrogen-bond acceptors (Lipinski definition) is 4. The van der Waals surface area contributed by atoms with Crippen LogP contribution in [0.25, 0.3) is 0 Å². The smallest absolute Gasteiger partial charge is 0.234 e. The summed E-state index contributed by atoms with van der Waals surface area (Å²) in [5, 5.41) is 9.68. The standard InChI is InChI=1S/C23H31NO4/c1-4-24-19-15-10-17-22(19,16-6-5-13(11-25)9-14(15)16)8-7-18-23(17,20(24)26)12-27-21(2,3)28-18/h5,9,15-19,25H,4,6-8,10-12H2,1-3H3/t15-,16-,17+,18-,19-,22-,23+/m1/s1. The van der Waals surface area contributed by atoms with Gasteiger partial charge in [0, 0.05) is 23.9 Å². The Labute approximate surface area is 166 Å².